The van der Waals surface area contributed by atoms with Crippen molar-refractivity contribution in [1.82, 2.24) is 4.57 Å². The first kappa shape index (κ1) is 13.8. The summed E-state index contributed by atoms with van der Waals surface area (Å²) in [5, 5.41) is 0.684. The number of carbonyl (C=O) groups is 1. The second-order valence-electron chi connectivity index (χ2n) is 4.84. The molecule has 0 unspecified atom stereocenters. The van der Waals surface area contributed by atoms with E-state index < -0.39 is 0 Å². The maximum atomic E-state index is 11.9. The highest BCUT2D eigenvalue weighted by Crippen LogP contribution is 2.25. The number of halogens is 1. The molecule has 21 heavy (non-hydrogen) atoms. The first-order valence-corrected chi connectivity index (χ1v) is 6.88. The molecule has 3 rings (SSSR count). The molecule has 0 fully saturated rings. The van der Waals surface area contributed by atoms with Gasteiger partial charge in [-0.1, -0.05) is 23.7 Å². The number of benzene rings is 1. The number of hydrogen-bond donors (Lipinski definition) is 0. The zero-order valence-electron chi connectivity index (χ0n) is 11.7. The molecule has 0 amide bonds. The van der Waals surface area contributed by atoms with Crippen LogP contribution in [0.5, 0.6) is 0 Å². The first-order valence-electron chi connectivity index (χ1n) is 6.51. The number of hydrogen-bond acceptors (Lipinski definition) is 3. The first-order chi connectivity index (χ1) is 10.1. The lowest BCUT2D eigenvalue weighted by atomic mass is 10.2. The van der Waals surface area contributed by atoms with Gasteiger partial charge in [-0.05, 0) is 24.6 Å². The monoisotopic (exact) mass is 303 g/mol. The maximum Gasteiger partial charge on any atom is 0.354 e. The van der Waals surface area contributed by atoms with Gasteiger partial charge in [-0.15, -0.1) is 0 Å². The normalized spacial score (nSPS) is 11.0. The number of esters is 1. The Balaban J connectivity index is 2.09. The minimum absolute atomic E-state index is 0.381. The van der Waals surface area contributed by atoms with Gasteiger partial charge in [-0.3, -0.25) is 0 Å². The topological polar surface area (TPSA) is 44.4 Å². The van der Waals surface area contributed by atoms with Crippen LogP contribution in [0.3, 0.4) is 0 Å². The second kappa shape index (κ2) is 5.30. The van der Waals surface area contributed by atoms with Crippen molar-refractivity contribution in [3.05, 3.63) is 58.4 Å². The van der Waals surface area contributed by atoms with E-state index in [1.807, 2.05) is 41.8 Å². The lowest BCUT2D eigenvalue weighted by Gasteiger charge is -2.09. The third-order valence-electron chi connectivity index (χ3n) is 3.36. The molecule has 0 radical (unpaired) electrons. The number of fused-ring (bicyclic) bond motifs is 1. The van der Waals surface area contributed by atoms with E-state index in [9.17, 15) is 4.79 Å². The van der Waals surface area contributed by atoms with Crippen molar-refractivity contribution in [3.8, 4) is 0 Å². The van der Waals surface area contributed by atoms with Crippen molar-refractivity contribution in [2.75, 3.05) is 7.11 Å². The highest BCUT2D eigenvalue weighted by molar-refractivity contribution is 6.30. The Labute approximate surface area is 126 Å². The van der Waals surface area contributed by atoms with Gasteiger partial charge in [0.1, 0.15) is 11.5 Å². The molecule has 0 N–H and O–H groups in total. The summed E-state index contributed by atoms with van der Waals surface area (Å²) < 4.78 is 12.3. The lowest BCUT2D eigenvalue weighted by molar-refractivity contribution is 0.0589. The highest BCUT2D eigenvalue weighted by Gasteiger charge is 2.18. The molecule has 0 bridgehead atoms. The van der Waals surface area contributed by atoms with E-state index in [0.29, 0.717) is 22.8 Å². The van der Waals surface area contributed by atoms with Gasteiger partial charge in [0, 0.05) is 23.7 Å². The van der Waals surface area contributed by atoms with Gasteiger partial charge in [-0.25, -0.2) is 4.79 Å². The van der Waals surface area contributed by atoms with E-state index in [2.05, 4.69) is 0 Å². The number of carbonyl (C=O) groups excluding carboxylic acids is 1. The van der Waals surface area contributed by atoms with Crippen molar-refractivity contribution in [1.29, 1.82) is 0 Å². The zero-order valence-corrected chi connectivity index (χ0v) is 12.5. The van der Waals surface area contributed by atoms with Gasteiger partial charge in [0.05, 0.1) is 12.6 Å². The minimum Gasteiger partial charge on any atom is -0.464 e. The number of furan rings is 1. The van der Waals surface area contributed by atoms with Crippen molar-refractivity contribution in [2.45, 2.75) is 13.5 Å². The number of aryl methyl sites for hydroxylation is 1. The quantitative estimate of drug-likeness (QED) is 0.686. The third-order valence-corrected chi connectivity index (χ3v) is 3.61. The molecule has 5 heteroatoms. The molecular weight excluding hydrogens is 290 g/mol. The SMILES string of the molecule is COC(=O)c1cc2oc(C)cc2n1Cc1ccc(Cl)cc1. The van der Waals surface area contributed by atoms with Gasteiger partial charge in [-0.2, -0.15) is 0 Å². The van der Waals surface area contributed by atoms with E-state index in [-0.39, 0.29) is 5.97 Å². The maximum absolute atomic E-state index is 11.9. The van der Waals surface area contributed by atoms with Gasteiger partial charge in [0.25, 0.3) is 0 Å². The van der Waals surface area contributed by atoms with Crippen LogP contribution in [-0.2, 0) is 11.3 Å². The zero-order chi connectivity index (χ0) is 15.0. The Morgan fingerprint density at radius 1 is 1.29 bits per heavy atom. The molecule has 0 atom stereocenters. The molecule has 0 spiro atoms. The van der Waals surface area contributed by atoms with Crippen LogP contribution in [0.25, 0.3) is 11.1 Å². The Bertz CT molecular complexity index is 799. The third kappa shape index (κ3) is 2.54. The molecule has 2 aromatic heterocycles. The highest BCUT2D eigenvalue weighted by atomic mass is 35.5. The van der Waals surface area contributed by atoms with E-state index >= 15 is 0 Å². The average molecular weight is 304 g/mol. The van der Waals surface area contributed by atoms with Crippen LogP contribution in [0, 0.1) is 6.92 Å². The predicted octanol–water partition coefficient (Wildman–Crippen LogP) is 4.03. The van der Waals surface area contributed by atoms with Crippen LogP contribution in [0.2, 0.25) is 5.02 Å². The van der Waals surface area contributed by atoms with E-state index in [1.54, 1.807) is 6.07 Å². The van der Waals surface area contributed by atoms with Crippen LogP contribution in [-0.4, -0.2) is 17.6 Å². The van der Waals surface area contributed by atoms with Crippen LogP contribution in [0.15, 0.2) is 40.8 Å². The summed E-state index contributed by atoms with van der Waals surface area (Å²) in [5.41, 5.74) is 3.08. The van der Waals surface area contributed by atoms with Gasteiger partial charge >= 0.3 is 5.97 Å². The summed E-state index contributed by atoms with van der Waals surface area (Å²) in [5.74, 6) is 0.425. The fourth-order valence-electron chi connectivity index (χ4n) is 2.38. The fraction of sp³-hybridized carbons (Fsp3) is 0.188. The summed E-state index contributed by atoms with van der Waals surface area (Å²) in [6.45, 7) is 2.43. The number of methoxy groups -OCH3 is 1. The van der Waals surface area contributed by atoms with Crippen LogP contribution in [0.4, 0.5) is 0 Å². The van der Waals surface area contributed by atoms with Gasteiger partial charge in [0.2, 0.25) is 0 Å². The van der Waals surface area contributed by atoms with Gasteiger partial charge in [0.15, 0.2) is 5.58 Å². The summed E-state index contributed by atoms with van der Waals surface area (Å²) in [6, 6.07) is 11.2. The summed E-state index contributed by atoms with van der Waals surface area (Å²) >= 11 is 5.90. The fourth-order valence-corrected chi connectivity index (χ4v) is 2.51. The largest absolute Gasteiger partial charge is 0.464 e. The number of ether oxygens (including phenoxy) is 1. The molecule has 0 saturated carbocycles. The van der Waals surface area contributed by atoms with Crippen LogP contribution < -0.4 is 0 Å². The van der Waals surface area contributed by atoms with Crippen LogP contribution >= 0.6 is 11.6 Å². The number of nitrogens with zero attached hydrogens (tertiary/aromatic N) is 1. The Hall–Kier alpha value is -2.20. The number of rotatable bonds is 3. The molecule has 0 aliphatic carbocycles. The molecule has 108 valence electrons. The summed E-state index contributed by atoms with van der Waals surface area (Å²) in [4.78, 5) is 11.9. The van der Waals surface area contributed by atoms with Gasteiger partial charge < -0.3 is 13.7 Å². The van der Waals surface area contributed by atoms with Crippen molar-refractivity contribution in [3.63, 3.8) is 0 Å². The summed E-state index contributed by atoms with van der Waals surface area (Å²) in [6.07, 6.45) is 0. The molecule has 1 aromatic carbocycles. The van der Waals surface area contributed by atoms with E-state index in [4.69, 9.17) is 20.8 Å². The molecule has 0 saturated heterocycles. The predicted molar refractivity (Wildman–Crippen MR) is 80.8 cm³/mol. The van der Waals surface area contributed by atoms with Crippen molar-refractivity contribution in [2.24, 2.45) is 0 Å². The minimum atomic E-state index is -0.381. The Kier molecular flexibility index (Phi) is 3.47. The molecule has 0 aliphatic heterocycles. The summed E-state index contributed by atoms with van der Waals surface area (Å²) in [7, 11) is 1.37. The standard InChI is InChI=1S/C16H14ClNO3/c1-10-7-13-15(21-10)8-14(16(19)20-2)18(13)9-11-3-5-12(17)6-4-11/h3-8H,9H2,1-2H3. The molecule has 3 aromatic rings. The smallest absolute Gasteiger partial charge is 0.354 e. The van der Waals surface area contributed by atoms with E-state index in [1.165, 1.54) is 7.11 Å². The number of aromatic nitrogens is 1. The molecule has 4 nitrogen and oxygen atoms in total. The second-order valence-corrected chi connectivity index (χ2v) is 5.28. The Morgan fingerprint density at radius 2 is 2.00 bits per heavy atom. The molecular formula is C16H14ClNO3. The molecule has 2 heterocycles. The van der Waals surface area contributed by atoms with Crippen molar-refractivity contribution < 1.29 is 13.9 Å². The molecule has 0 aliphatic rings. The Morgan fingerprint density at radius 3 is 2.67 bits per heavy atom. The van der Waals surface area contributed by atoms with Crippen LogP contribution in [0.1, 0.15) is 21.8 Å². The lowest BCUT2D eigenvalue weighted by Crippen LogP contribution is -2.11. The van der Waals surface area contributed by atoms with Crippen molar-refractivity contribution >= 4 is 28.7 Å². The average Bonchev–Trinajstić information content (AvgIpc) is 2.98. The van der Waals surface area contributed by atoms with E-state index in [0.717, 1.165) is 16.8 Å².